The molecule has 1 atom stereocenters. The number of hydrazine groups is 1. The molecular weight excluding hydrogens is 320 g/mol. The number of nitrogens with zero attached hydrogens (tertiary/aromatic N) is 3. The fourth-order valence-electron chi connectivity index (χ4n) is 2.66. The van der Waals surface area contributed by atoms with Gasteiger partial charge in [-0.25, -0.2) is 14.8 Å². The van der Waals surface area contributed by atoms with Crippen LogP contribution in [0.5, 0.6) is 0 Å². The third-order valence-electron chi connectivity index (χ3n) is 3.61. The second kappa shape index (κ2) is 5.83. The maximum Gasteiger partial charge on any atom is 0.355 e. The van der Waals surface area contributed by atoms with Gasteiger partial charge in [0.05, 0.1) is 24.6 Å². The average Bonchev–Trinajstić information content (AvgIpc) is 3.17. The van der Waals surface area contributed by atoms with E-state index in [0.29, 0.717) is 0 Å². The van der Waals surface area contributed by atoms with Crippen molar-refractivity contribution in [2.75, 3.05) is 13.1 Å². The summed E-state index contributed by atoms with van der Waals surface area (Å²) in [6.45, 7) is 0.206. The minimum Gasteiger partial charge on any atom is -0.476 e. The number of rotatable bonds is 4. The Bertz CT molecular complexity index is 749. The molecule has 0 aliphatic carbocycles. The molecule has 0 aromatic carbocycles. The van der Waals surface area contributed by atoms with Gasteiger partial charge in [-0.05, 0) is 11.4 Å². The highest BCUT2D eigenvalue weighted by Gasteiger charge is 2.48. The number of nitriles is 1. The maximum absolute atomic E-state index is 12.4. The van der Waals surface area contributed by atoms with E-state index in [0.717, 1.165) is 9.89 Å². The molecule has 9 heteroatoms. The molecule has 0 bridgehead atoms. The summed E-state index contributed by atoms with van der Waals surface area (Å²) in [4.78, 5) is 36.5. The average molecular weight is 332 g/mol. The zero-order valence-corrected chi connectivity index (χ0v) is 12.7. The number of amides is 2. The highest BCUT2D eigenvalue weighted by atomic mass is 32.1. The molecule has 1 saturated heterocycles. The van der Waals surface area contributed by atoms with Crippen LogP contribution < -0.4 is 5.32 Å². The lowest BCUT2D eigenvalue weighted by Gasteiger charge is -2.18. The number of carbonyl (C=O) groups is 3. The van der Waals surface area contributed by atoms with E-state index in [9.17, 15) is 19.5 Å². The van der Waals surface area contributed by atoms with Crippen molar-refractivity contribution in [2.45, 2.75) is 12.5 Å². The molecule has 23 heavy (non-hydrogen) atoms. The Morgan fingerprint density at radius 3 is 2.91 bits per heavy atom. The van der Waals surface area contributed by atoms with E-state index in [1.165, 1.54) is 16.3 Å². The predicted molar refractivity (Wildman–Crippen MR) is 78.6 cm³/mol. The Labute approximate surface area is 135 Å². The lowest BCUT2D eigenvalue weighted by Crippen LogP contribution is -2.43. The third-order valence-corrected chi connectivity index (χ3v) is 4.49. The van der Waals surface area contributed by atoms with Crippen molar-refractivity contribution in [1.82, 2.24) is 15.3 Å². The van der Waals surface area contributed by atoms with Crippen molar-refractivity contribution in [3.05, 3.63) is 33.7 Å². The van der Waals surface area contributed by atoms with Gasteiger partial charge in [0, 0.05) is 11.4 Å². The first-order chi connectivity index (χ1) is 11.0. The Kier molecular flexibility index (Phi) is 3.85. The van der Waals surface area contributed by atoms with Gasteiger partial charge in [0.1, 0.15) is 6.04 Å². The Balaban J connectivity index is 1.71. The molecule has 0 unspecified atom stereocenters. The first-order valence-electron chi connectivity index (χ1n) is 6.78. The van der Waals surface area contributed by atoms with Crippen molar-refractivity contribution >= 4 is 29.1 Å². The van der Waals surface area contributed by atoms with Crippen LogP contribution in [0.15, 0.2) is 28.8 Å². The number of aliphatic carboxylic acids is 1. The number of nitrogens with one attached hydrogen (secondary N) is 1. The molecule has 2 N–H and O–H groups in total. The summed E-state index contributed by atoms with van der Waals surface area (Å²) in [6.07, 6.45) is 0.173. The molecule has 2 aliphatic heterocycles. The highest BCUT2D eigenvalue weighted by molar-refractivity contribution is 7.10. The van der Waals surface area contributed by atoms with Crippen molar-refractivity contribution in [2.24, 2.45) is 0 Å². The van der Waals surface area contributed by atoms with Crippen LogP contribution in [-0.2, 0) is 20.8 Å². The van der Waals surface area contributed by atoms with Crippen LogP contribution >= 0.6 is 11.3 Å². The van der Waals surface area contributed by atoms with Crippen LogP contribution in [0.4, 0.5) is 0 Å². The van der Waals surface area contributed by atoms with E-state index in [2.05, 4.69) is 5.32 Å². The standard InChI is InChI=1S/C14H12N4O4S/c15-5-8-6-17-7-10(13(20)18(17)12(8)14(21)22)16-11(19)4-9-2-1-3-23-9/h1-3,10H,4,6-7H2,(H,16,19)(H,21,22)/t10-/m0/s1. The van der Waals surface area contributed by atoms with Gasteiger partial charge in [0.15, 0.2) is 5.70 Å². The molecule has 1 fully saturated rings. The van der Waals surface area contributed by atoms with Crippen LogP contribution in [-0.4, -0.2) is 52.0 Å². The number of hydrogen-bond donors (Lipinski definition) is 2. The van der Waals surface area contributed by atoms with Gasteiger partial charge in [-0.15, -0.1) is 11.3 Å². The summed E-state index contributed by atoms with van der Waals surface area (Å²) < 4.78 is 0. The molecule has 0 spiro atoms. The quantitative estimate of drug-likeness (QED) is 0.783. The van der Waals surface area contributed by atoms with Crippen LogP contribution in [0.25, 0.3) is 0 Å². The van der Waals surface area contributed by atoms with E-state index < -0.39 is 17.9 Å². The smallest absolute Gasteiger partial charge is 0.355 e. The van der Waals surface area contributed by atoms with Crippen LogP contribution in [0, 0.1) is 11.3 Å². The number of thiophene rings is 1. The number of fused-ring (bicyclic) bond motifs is 1. The molecule has 1 aromatic heterocycles. The number of carbonyl (C=O) groups excluding carboxylic acids is 2. The number of carboxylic acid groups (broad SMARTS) is 1. The summed E-state index contributed by atoms with van der Waals surface area (Å²) in [5, 5.41) is 25.1. The Hall–Kier alpha value is -2.70. The van der Waals surface area contributed by atoms with Gasteiger partial charge >= 0.3 is 5.97 Å². The number of hydrogen-bond acceptors (Lipinski definition) is 6. The van der Waals surface area contributed by atoms with Crippen LogP contribution in [0.3, 0.4) is 0 Å². The minimum atomic E-state index is -1.33. The van der Waals surface area contributed by atoms with Gasteiger partial charge in [0.25, 0.3) is 5.91 Å². The lowest BCUT2D eigenvalue weighted by molar-refractivity contribution is -0.143. The summed E-state index contributed by atoms with van der Waals surface area (Å²) in [6, 6.07) is 4.66. The molecule has 1 aromatic rings. The van der Waals surface area contributed by atoms with E-state index in [-0.39, 0.29) is 36.7 Å². The third kappa shape index (κ3) is 2.69. The normalized spacial score (nSPS) is 20.6. The van der Waals surface area contributed by atoms with Crippen molar-refractivity contribution < 1.29 is 19.5 Å². The molecule has 0 radical (unpaired) electrons. The van der Waals surface area contributed by atoms with Crippen LogP contribution in [0.2, 0.25) is 0 Å². The van der Waals surface area contributed by atoms with E-state index in [1.54, 1.807) is 0 Å². The zero-order valence-electron chi connectivity index (χ0n) is 11.9. The molecule has 118 valence electrons. The summed E-state index contributed by atoms with van der Waals surface area (Å²) in [7, 11) is 0. The van der Waals surface area contributed by atoms with Crippen molar-refractivity contribution in [3.63, 3.8) is 0 Å². The number of carboxylic acids is 1. The fraction of sp³-hybridized carbons (Fsp3) is 0.286. The molecule has 2 amide bonds. The minimum absolute atomic E-state index is 0.0363. The Morgan fingerprint density at radius 1 is 1.52 bits per heavy atom. The van der Waals surface area contributed by atoms with E-state index >= 15 is 0 Å². The van der Waals surface area contributed by atoms with Crippen LogP contribution in [0.1, 0.15) is 4.88 Å². The molecule has 3 heterocycles. The molecular formula is C14H12N4O4S. The fourth-order valence-corrected chi connectivity index (χ4v) is 3.37. The monoisotopic (exact) mass is 332 g/mol. The van der Waals surface area contributed by atoms with Gasteiger partial charge in [-0.3, -0.25) is 9.59 Å². The largest absolute Gasteiger partial charge is 0.476 e. The van der Waals surface area contributed by atoms with Gasteiger partial charge < -0.3 is 10.4 Å². The van der Waals surface area contributed by atoms with Gasteiger partial charge in [-0.1, -0.05) is 6.07 Å². The summed E-state index contributed by atoms with van der Waals surface area (Å²) in [5.41, 5.74) is -0.290. The van der Waals surface area contributed by atoms with E-state index in [4.69, 9.17) is 5.26 Å². The molecule has 8 nitrogen and oxygen atoms in total. The topological polar surface area (TPSA) is 114 Å². The van der Waals surface area contributed by atoms with Gasteiger partial charge in [-0.2, -0.15) is 5.26 Å². The van der Waals surface area contributed by atoms with Gasteiger partial charge in [0.2, 0.25) is 5.91 Å². The SMILES string of the molecule is N#CC1=C(C(=O)O)N2C(=O)[C@@H](NC(=O)Cc3cccs3)CN2C1. The zero-order chi connectivity index (χ0) is 16.6. The second-order valence-electron chi connectivity index (χ2n) is 5.12. The molecule has 2 aliphatic rings. The second-order valence-corrected chi connectivity index (χ2v) is 6.15. The summed E-state index contributed by atoms with van der Waals surface area (Å²) in [5.74, 6) is -2.16. The molecule has 3 rings (SSSR count). The Morgan fingerprint density at radius 2 is 2.30 bits per heavy atom. The molecule has 0 saturated carbocycles. The lowest BCUT2D eigenvalue weighted by atomic mass is 10.2. The predicted octanol–water partition coefficient (Wildman–Crippen LogP) is -0.290. The summed E-state index contributed by atoms with van der Waals surface area (Å²) >= 11 is 1.45. The van der Waals surface area contributed by atoms with Crippen molar-refractivity contribution in [3.8, 4) is 6.07 Å². The first kappa shape index (κ1) is 15.2. The van der Waals surface area contributed by atoms with Crippen molar-refractivity contribution in [1.29, 1.82) is 5.26 Å². The highest BCUT2D eigenvalue weighted by Crippen LogP contribution is 2.29. The maximum atomic E-state index is 12.4. The van der Waals surface area contributed by atoms with E-state index in [1.807, 2.05) is 23.6 Å². The first-order valence-corrected chi connectivity index (χ1v) is 7.66.